The summed E-state index contributed by atoms with van der Waals surface area (Å²) in [4.78, 5) is 0. The van der Waals surface area contributed by atoms with Crippen LogP contribution in [0.3, 0.4) is 0 Å². The third-order valence-corrected chi connectivity index (χ3v) is 11.7. The van der Waals surface area contributed by atoms with E-state index in [4.69, 9.17) is 18.6 Å². The van der Waals surface area contributed by atoms with E-state index >= 15 is 0 Å². The van der Waals surface area contributed by atoms with Crippen LogP contribution in [-0.4, -0.2) is 32.8 Å². The molecule has 1 aliphatic heterocycles. The van der Waals surface area contributed by atoms with E-state index in [1.54, 1.807) is 0 Å². The maximum absolute atomic E-state index is 4.89. The first-order valence-corrected chi connectivity index (χ1v) is 17.8. The van der Waals surface area contributed by atoms with Gasteiger partial charge in [-0.25, -0.2) is 0 Å². The molecule has 7 heteroatoms. The van der Waals surface area contributed by atoms with Crippen LogP contribution < -0.4 is 0 Å². The molecule has 0 spiro atoms. The summed E-state index contributed by atoms with van der Waals surface area (Å²) >= 11 is -0.556. The molecule has 156 valence electrons. The number of halogens is 2. The van der Waals surface area contributed by atoms with Crippen LogP contribution in [0.2, 0.25) is 18.6 Å². The Labute approximate surface area is 190 Å². The third kappa shape index (κ3) is 5.76. The second kappa shape index (κ2) is 12.0. The van der Waals surface area contributed by atoms with Gasteiger partial charge >= 0.3 is 35.6 Å². The van der Waals surface area contributed by atoms with Crippen molar-refractivity contribution in [2.24, 2.45) is 17.8 Å². The van der Waals surface area contributed by atoms with Gasteiger partial charge in [-0.15, -0.1) is 13.3 Å². The number of fused-ring (bicyclic) bond motifs is 1. The van der Waals surface area contributed by atoms with Crippen LogP contribution in [-0.2, 0) is 17.0 Å². The van der Waals surface area contributed by atoms with Crippen molar-refractivity contribution in [2.75, 3.05) is 20.0 Å². The predicted octanol–water partition coefficient (Wildman–Crippen LogP) is 7.43. The normalized spacial score (nSPS) is 31.4. The monoisotopic (exact) mass is 476 g/mol. The van der Waals surface area contributed by atoms with Gasteiger partial charge < -0.3 is 22.6 Å². The average Bonchev–Trinajstić information content (AvgIpc) is 3.15. The zero-order valence-corrected chi connectivity index (χ0v) is 21.8. The van der Waals surface area contributed by atoms with Crippen LogP contribution in [0.1, 0.15) is 44.9 Å². The second-order valence-electron chi connectivity index (χ2n) is 8.89. The van der Waals surface area contributed by atoms with E-state index < -0.39 is 25.3 Å². The molecule has 4 rings (SSSR count). The molecular weight excluding hydrogens is 441 g/mol. The Bertz CT molecular complexity index is 532. The summed E-state index contributed by atoms with van der Waals surface area (Å²) in [6.45, 7) is 7.70. The topological polar surface area (TPSA) is 31.4 Å². The average molecular weight is 477 g/mol. The van der Waals surface area contributed by atoms with Gasteiger partial charge in [-0.3, -0.25) is 6.67 Å². The van der Waals surface area contributed by atoms with Crippen molar-refractivity contribution < 1.29 is 17.0 Å². The van der Waals surface area contributed by atoms with E-state index in [0.29, 0.717) is 6.67 Å². The Kier molecular flexibility index (Phi) is 10.8. The van der Waals surface area contributed by atoms with Crippen molar-refractivity contribution in [3.05, 3.63) is 41.9 Å². The summed E-state index contributed by atoms with van der Waals surface area (Å²) in [6.07, 6.45) is 17.5. The summed E-state index contributed by atoms with van der Waals surface area (Å²) in [5, 5.41) is 9.11. The number of hydrogen-bond acceptors (Lipinski definition) is 1. The zero-order valence-electron chi connectivity index (χ0n) is 17.7. The van der Waals surface area contributed by atoms with Gasteiger partial charge in [-0.1, -0.05) is 62.6 Å². The van der Waals surface area contributed by atoms with Crippen LogP contribution in [0.5, 0.6) is 0 Å². The van der Waals surface area contributed by atoms with E-state index in [0.717, 1.165) is 36.6 Å². The quantitative estimate of drug-likeness (QED) is 0.307. The minimum atomic E-state index is -1.49. The summed E-state index contributed by atoms with van der Waals surface area (Å²) in [5.41, 5.74) is 2.69. The molecule has 28 heavy (non-hydrogen) atoms. The Balaban J connectivity index is 0.000000660. The number of rotatable bonds is 3. The van der Waals surface area contributed by atoms with Gasteiger partial charge in [0.15, 0.2) is 0 Å². The molecule has 0 aromatic rings. The standard InChI is InChI=1S/C20H33N3Si.CH3.2ClH.Ti/c1-24(2,23-14-21-13-22-15-23)20-12-11-18-17(9-6-10-19(18)20)16-7-4-3-5-8-16;;;;/h6,9-10,16,18-20H,3-5,7-8,11-15H2,1-2H3;1H3;2*1H;/q-2;-1;;;+6/p-2. The van der Waals surface area contributed by atoms with Crippen LogP contribution >= 0.6 is 18.6 Å². The van der Waals surface area contributed by atoms with Crippen LogP contribution in [0.25, 0.3) is 10.6 Å². The van der Waals surface area contributed by atoms with E-state index in [2.05, 4.69) is 46.5 Å². The van der Waals surface area contributed by atoms with Crippen molar-refractivity contribution >= 4 is 26.8 Å². The first-order chi connectivity index (χ1) is 13.1. The van der Waals surface area contributed by atoms with E-state index in [9.17, 15) is 0 Å². The fourth-order valence-electron chi connectivity index (χ4n) is 5.84. The van der Waals surface area contributed by atoms with E-state index in [1.165, 1.54) is 44.9 Å². The van der Waals surface area contributed by atoms with Crippen molar-refractivity contribution in [1.82, 2.24) is 4.57 Å². The van der Waals surface area contributed by atoms with Gasteiger partial charge in [-0.2, -0.15) is 0 Å². The van der Waals surface area contributed by atoms with Crippen molar-refractivity contribution in [3.8, 4) is 0 Å². The number of allylic oxidation sites excluding steroid dienone is 4. The molecule has 3 nitrogen and oxygen atoms in total. The fraction of sp³-hybridized carbons (Fsp3) is 0.762. The molecule has 3 aliphatic carbocycles. The second-order valence-corrected chi connectivity index (χ2v) is 16.2. The van der Waals surface area contributed by atoms with Crippen molar-refractivity contribution in [3.63, 3.8) is 0 Å². The third-order valence-electron chi connectivity index (χ3n) is 7.31. The summed E-state index contributed by atoms with van der Waals surface area (Å²) in [5.74, 6) is 2.52. The molecule has 3 atom stereocenters. The molecule has 0 aromatic carbocycles. The molecule has 0 radical (unpaired) electrons. The molecular formula is C21H36Cl2N3SiTi+. The molecule has 1 heterocycles. The molecule has 0 bridgehead atoms. The molecule has 0 N–H and O–H groups in total. The van der Waals surface area contributed by atoms with Gasteiger partial charge in [0.05, 0.1) is 0 Å². The number of nitrogens with zero attached hydrogens (tertiary/aromatic N) is 3. The van der Waals surface area contributed by atoms with Gasteiger partial charge in [0, 0.05) is 0 Å². The van der Waals surface area contributed by atoms with Crippen LogP contribution in [0.15, 0.2) is 23.8 Å². The number of hydrogen-bond donors (Lipinski definition) is 0. The van der Waals surface area contributed by atoms with E-state index in [1.807, 2.05) is 5.57 Å². The van der Waals surface area contributed by atoms with Gasteiger partial charge in [-0.05, 0) is 42.6 Å². The van der Waals surface area contributed by atoms with Gasteiger partial charge in [0.25, 0.3) is 0 Å². The Hall–Kier alpha value is 0.871. The molecule has 4 aliphatic rings. The molecule has 1 saturated heterocycles. The first kappa shape index (κ1) is 25.1. The summed E-state index contributed by atoms with van der Waals surface area (Å²) < 4.78 is 2.63. The van der Waals surface area contributed by atoms with Crippen molar-refractivity contribution in [2.45, 2.75) is 63.6 Å². The summed E-state index contributed by atoms with van der Waals surface area (Å²) in [6, 6.07) is 0. The fourth-order valence-corrected chi connectivity index (χ4v) is 9.40. The Morgan fingerprint density at radius 2 is 1.68 bits per heavy atom. The van der Waals surface area contributed by atoms with Gasteiger partial charge in [0.2, 0.25) is 0 Å². The van der Waals surface area contributed by atoms with Crippen LogP contribution in [0.4, 0.5) is 0 Å². The zero-order chi connectivity index (χ0) is 19.3. The molecule has 3 unspecified atom stereocenters. The van der Waals surface area contributed by atoms with Crippen molar-refractivity contribution in [1.29, 1.82) is 0 Å². The Morgan fingerprint density at radius 3 is 2.32 bits per heavy atom. The van der Waals surface area contributed by atoms with Crippen LogP contribution in [0, 0.1) is 25.2 Å². The first-order valence-electron chi connectivity index (χ1n) is 10.5. The minimum absolute atomic E-state index is 0. The molecule has 2 saturated carbocycles. The summed E-state index contributed by atoms with van der Waals surface area (Å²) in [7, 11) is 8.29. The Morgan fingerprint density at radius 1 is 1.04 bits per heavy atom. The molecule has 0 aromatic heterocycles. The van der Waals surface area contributed by atoms with Gasteiger partial charge in [0.1, 0.15) is 8.24 Å². The SMILES string of the molecule is C[Si](C)(C1CCC2C(C3CCCCC3)=CC=CC21)N1C[N-]C[N-]C1.[CH3-].[Cl][Ti+4][Cl]. The predicted molar refractivity (Wildman–Crippen MR) is 123 cm³/mol. The van der Waals surface area contributed by atoms with E-state index in [-0.39, 0.29) is 7.43 Å². The molecule has 3 fully saturated rings. The maximum atomic E-state index is 4.89. The molecule has 0 amide bonds.